The molecule has 0 aliphatic heterocycles. The van der Waals surface area contributed by atoms with Crippen LogP contribution in [0.4, 0.5) is 10.2 Å². The van der Waals surface area contributed by atoms with Gasteiger partial charge in [-0.1, -0.05) is 18.6 Å². The number of halogens is 1. The van der Waals surface area contributed by atoms with E-state index in [1.54, 1.807) is 36.5 Å². The van der Waals surface area contributed by atoms with E-state index in [-0.39, 0.29) is 18.1 Å². The van der Waals surface area contributed by atoms with Gasteiger partial charge in [0.05, 0.1) is 6.42 Å². The lowest BCUT2D eigenvalue weighted by atomic mass is 9.85. The van der Waals surface area contributed by atoms with Crippen LogP contribution in [0.25, 0.3) is 0 Å². The van der Waals surface area contributed by atoms with Gasteiger partial charge in [0, 0.05) is 12.1 Å². The maximum Gasteiger partial charge on any atom is 0.229 e. The third kappa shape index (κ3) is 4.52. The van der Waals surface area contributed by atoms with Gasteiger partial charge >= 0.3 is 0 Å². The Kier molecular flexibility index (Phi) is 5.28. The second kappa shape index (κ2) is 8.17. The molecule has 1 amide bonds. The fraction of sp³-hybridized carbons (Fsp3) is 0.227. The zero-order valence-electron chi connectivity index (χ0n) is 15.3. The Hall–Kier alpha value is -3.28. The van der Waals surface area contributed by atoms with Gasteiger partial charge in [-0.15, -0.1) is 0 Å². The van der Waals surface area contributed by atoms with Gasteiger partial charge in [0.15, 0.2) is 0 Å². The first-order valence-electron chi connectivity index (χ1n) is 9.31. The minimum atomic E-state index is -0.308. The van der Waals surface area contributed by atoms with E-state index in [1.807, 2.05) is 12.1 Å². The Morgan fingerprint density at radius 3 is 2.36 bits per heavy atom. The first kappa shape index (κ1) is 18.1. The van der Waals surface area contributed by atoms with Crippen LogP contribution in [0.15, 0.2) is 60.8 Å². The molecule has 142 valence electrons. The smallest absolute Gasteiger partial charge is 0.229 e. The van der Waals surface area contributed by atoms with Gasteiger partial charge in [0.2, 0.25) is 5.91 Å². The summed E-state index contributed by atoms with van der Waals surface area (Å²) in [6.45, 7) is 0. The summed E-state index contributed by atoms with van der Waals surface area (Å²) in [6, 6.07) is 14.8. The highest BCUT2D eigenvalue weighted by Crippen LogP contribution is 2.34. The van der Waals surface area contributed by atoms with Gasteiger partial charge in [-0.05, 0) is 60.9 Å². The standard InChI is InChI=1S/C22H20FN3O2/c23-17-6-10-19(11-7-17)28-18-8-4-15(5-9-18)14-21(27)25-20-12-13-24-22(26-20)16-2-1-3-16/h4-13,16H,1-3,14H2,(H,24,25,26,27). The topological polar surface area (TPSA) is 64.1 Å². The molecule has 1 aromatic heterocycles. The average molecular weight is 377 g/mol. The molecule has 0 radical (unpaired) electrons. The highest BCUT2D eigenvalue weighted by molar-refractivity contribution is 5.91. The molecule has 1 aliphatic rings. The second-order valence-electron chi connectivity index (χ2n) is 6.85. The number of amides is 1. The fourth-order valence-corrected chi connectivity index (χ4v) is 2.99. The highest BCUT2D eigenvalue weighted by Gasteiger charge is 2.22. The molecule has 28 heavy (non-hydrogen) atoms. The van der Waals surface area contributed by atoms with Crippen molar-refractivity contribution in [3.8, 4) is 11.5 Å². The molecule has 0 saturated heterocycles. The average Bonchev–Trinajstić information content (AvgIpc) is 2.64. The van der Waals surface area contributed by atoms with Gasteiger partial charge in [-0.25, -0.2) is 14.4 Å². The van der Waals surface area contributed by atoms with Crippen LogP contribution in [-0.2, 0) is 11.2 Å². The molecule has 0 spiro atoms. The summed E-state index contributed by atoms with van der Waals surface area (Å²) in [5.74, 6) is 2.51. The van der Waals surface area contributed by atoms with Gasteiger partial charge in [0.1, 0.15) is 29.0 Å². The number of aromatic nitrogens is 2. The van der Waals surface area contributed by atoms with Crippen molar-refractivity contribution in [3.63, 3.8) is 0 Å². The zero-order valence-corrected chi connectivity index (χ0v) is 15.3. The highest BCUT2D eigenvalue weighted by atomic mass is 19.1. The molecule has 1 aliphatic carbocycles. The van der Waals surface area contributed by atoms with Crippen molar-refractivity contribution < 1.29 is 13.9 Å². The molecular formula is C22H20FN3O2. The molecule has 0 unspecified atom stereocenters. The monoisotopic (exact) mass is 377 g/mol. The largest absolute Gasteiger partial charge is 0.457 e. The lowest BCUT2D eigenvalue weighted by Gasteiger charge is -2.23. The molecule has 4 rings (SSSR count). The molecule has 3 aromatic rings. The Labute approximate surface area is 162 Å². The summed E-state index contributed by atoms with van der Waals surface area (Å²) in [5.41, 5.74) is 0.859. The van der Waals surface area contributed by atoms with E-state index in [1.165, 1.54) is 18.6 Å². The molecule has 1 heterocycles. The number of benzene rings is 2. The number of hydrogen-bond donors (Lipinski definition) is 1. The normalized spacial score (nSPS) is 13.6. The number of nitrogens with one attached hydrogen (secondary N) is 1. The van der Waals surface area contributed by atoms with Crippen LogP contribution in [0.1, 0.15) is 36.6 Å². The third-order valence-electron chi connectivity index (χ3n) is 4.75. The van der Waals surface area contributed by atoms with Crippen LogP contribution in [0.3, 0.4) is 0 Å². The van der Waals surface area contributed by atoms with Crippen molar-refractivity contribution in [2.75, 3.05) is 5.32 Å². The summed E-state index contributed by atoms with van der Waals surface area (Å²) in [7, 11) is 0. The number of carbonyl (C=O) groups is 1. The predicted molar refractivity (Wildman–Crippen MR) is 104 cm³/mol. The SMILES string of the molecule is O=C(Cc1ccc(Oc2ccc(F)cc2)cc1)Nc1ccnc(C2CCC2)n1. The molecule has 0 bridgehead atoms. The predicted octanol–water partition coefficient (Wildman–Crippen LogP) is 4.86. The molecule has 1 N–H and O–H groups in total. The van der Waals surface area contributed by atoms with Crippen molar-refractivity contribution in [1.82, 2.24) is 9.97 Å². The molecule has 1 fully saturated rings. The van der Waals surface area contributed by atoms with Crippen LogP contribution < -0.4 is 10.1 Å². The minimum Gasteiger partial charge on any atom is -0.457 e. The van der Waals surface area contributed by atoms with E-state index in [4.69, 9.17) is 4.74 Å². The summed E-state index contributed by atoms with van der Waals surface area (Å²) in [5, 5.41) is 2.84. The van der Waals surface area contributed by atoms with Crippen LogP contribution >= 0.6 is 0 Å². The Morgan fingerprint density at radius 2 is 1.71 bits per heavy atom. The van der Waals surface area contributed by atoms with Crippen molar-refractivity contribution in [2.45, 2.75) is 31.6 Å². The van der Waals surface area contributed by atoms with E-state index in [9.17, 15) is 9.18 Å². The molecule has 1 saturated carbocycles. The van der Waals surface area contributed by atoms with E-state index in [0.29, 0.717) is 23.2 Å². The summed E-state index contributed by atoms with van der Waals surface area (Å²) in [6.07, 6.45) is 5.37. The van der Waals surface area contributed by atoms with Crippen molar-refractivity contribution in [1.29, 1.82) is 0 Å². The number of anilines is 1. The molecular weight excluding hydrogens is 357 g/mol. The van der Waals surface area contributed by atoms with E-state index < -0.39 is 0 Å². The second-order valence-corrected chi connectivity index (χ2v) is 6.85. The summed E-state index contributed by atoms with van der Waals surface area (Å²) in [4.78, 5) is 21.1. The summed E-state index contributed by atoms with van der Waals surface area (Å²) >= 11 is 0. The fourth-order valence-electron chi connectivity index (χ4n) is 2.99. The molecule has 0 atom stereocenters. The summed E-state index contributed by atoms with van der Waals surface area (Å²) < 4.78 is 18.6. The molecule has 6 heteroatoms. The van der Waals surface area contributed by atoms with Crippen LogP contribution in [-0.4, -0.2) is 15.9 Å². The first-order valence-corrected chi connectivity index (χ1v) is 9.31. The Balaban J connectivity index is 1.33. The number of nitrogens with zero attached hydrogens (tertiary/aromatic N) is 2. The van der Waals surface area contributed by atoms with Gasteiger partial charge in [0.25, 0.3) is 0 Å². The third-order valence-corrected chi connectivity index (χ3v) is 4.75. The van der Waals surface area contributed by atoms with E-state index in [0.717, 1.165) is 24.2 Å². The number of rotatable bonds is 6. The Bertz CT molecular complexity index is 954. The van der Waals surface area contributed by atoms with Crippen LogP contribution in [0, 0.1) is 5.82 Å². The number of hydrogen-bond acceptors (Lipinski definition) is 4. The number of carbonyl (C=O) groups excluding carboxylic acids is 1. The first-order chi connectivity index (χ1) is 13.7. The van der Waals surface area contributed by atoms with Crippen molar-refractivity contribution >= 4 is 11.7 Å². The Morgan fingerprint density at radius 1 is 1.04 bits per heavy atom. The lowest BCUT2D eigenvalue weighted by molar-refractivity contribution is -0.115. The van der Waals surface area contributed by atoms with Crippen molar-refractivity contribution in [2.24, 2.45) is 0 Å². The maximum absolute atomic E-state index is 12.9. The van der Waals surface area contributed by atoms with Crippen molar-refractivity contribution in [3.05, 3.63) is 78.0 Å². The van der Waals surface area contributed by atoms with Gasteiger partial charge in [-0.2, -0.15) is 0 Å². The van der Waals surface area contributed by atoms with E-state index in [2.05, 4.69) is 15.3 Å². The quantitative estimate of drug-likeness (QED) is 0.666. The zero-order chi connectivity index (χ0) is 19.3. The molecule has 2 aromatic carbocycles. The molecule has 5 nitrogen and oxygen atoms in total. The van der Waals surface area contributed by atoms with Gasteiger partial charge in [-0.3, -0.25) is 4.79 Å². The van der Waals surface area contributed by atoms with Gasteiger partial charge < -0.3 is 10.1 Å². The van der Waals surface area contributed by atoms with E-state index >= 15 is 0 Å². The van der Waals surface area contributed by atoms with Crippen LogP contribution in [0.2, 0.25) is 0 Å². The number of ether oxygens (including phenoxy) is 1. The lowest BCUT2D eigenvalue weighted by Crippen LogP contribution is -2.18. The minimum absolute atomic E-state index is 0.134. The maximum atomic E-state index is 12.9. The van der Waals surface area contributed by atoms with Crippen LogP contribution in [0.5, 0.6) is 11.5 Å².